The molecule has 0 fully saturated rings. The molecule has 0 atom stereocenters. The molecule has 18 heavy (non-hydrogen) atoms. The van der Waals surface area contributed by atoms with Crippen LogP contribution < -0.4 is 0 Å². The Labute approximate surface area is 116 Å². The van der Waals surface area contributed by atoms with E-state index < -0.39 is 0 Å². The normalized spacial score (nSPS) is 11.1. The van der Waals surface area contributed by atoms with Gasteiger partial charge in [-0.15, -0.1) is 0 Å². The Morgan fingerprint density at radius 3 is 2.22 bits per heavy atom. The van der Waals surface area contributed by atoms with Crippen molar-refractivity contribution in [3.05, 3.63) is 58.6 Å². The number of benzene rings is 2. The number of nitrogens with zero attached hydrogens (tertiary/aromatic N) is 1. The summed E-state index contributed by atoms with van der Waals surface area (Å²) >= 11 is 12.5. The Hall–Kier alpha value is -1.44. The Kier molecular flexibility index (Phi) is 2.81. The van der Waals surface area contributed by atoms with Gasteiger partial charge in [-0.3, -0.25) is 0 Å². The molecule has 0 aliphatic heterocycles. The minimum Gasteiger partial charge on any atom is -0.344 e. The van der Waals surface area contributed by atoms with E-state index in [0.717, 1.165) is 11.3 Å². The largest absolute Gasteiger partial charge is 0.344 e. The smallest absolute Gasteiger partial charge is 0.0518 e. The lowest BCUT2D eigenvalue weighted by molar-refractivity contribution is 0.978. The molecule has 1 nitrogen and oxygen atoms in total. The fourth-order valence-corrected chi connectivity index (χ4v) is 2.86. The zero-order chi connectivity index (χ0) is 12.7. The van der Waals surface area contributed by atoms with E-state index in [-0.39, 0.29) is 0 Å². The third-order valence-corrected chi connectivity index (χ3v) is 3.80. The van der Waals surface area contributed by atoms with Crippen molar-refractivity contribution in [1.29, 1.82) is 0 Å². The highest BCUT2D eigenvalue weighted by molar-refractivity contribution is 6.39. The van der Waals surface area contributed by atoms with E-state index >= 15 is 0 Å². The van der Waals surface area contributed by atoms with Crippen molar-refractivity contribution in [2.75, 3.05) is 0 Å². The van der Waals surface area contributed by atoms with E-state index in [0.29, 0.717) is 10.0 Å². The van der Waals surface area contributed by atoms with Gasteiger partial charge in [-0.1, -0.05) is 47.5 Å². The molecule has 0 saturated heterocycles. The van der Waals surface area contributed by atoms with Crippen molar-refractivity contribution in [1.82, 2.24) is 4.57 Å². The summed E-state index contributed by atoms with van der Waals surface area (Å²) in [5.41, 5.74) is 3.09. The van der Waals surface area contributed by atoms with Crippen LogP contribution in [0.15, 0.2) is 48.5 Å². The van der Waals surface area contributed by atoms with Crippen LogP contribution in [0.1, 0.15) is 0 Å². The number of para-hydroxylation sites is 1. The molecule has 2 aromatic carbocycles. The summed E-state index contributed by atoms with van der Waals surface area (Å²) in [5, 5.41) is 2.53. The molecule has 0 aliphatic carbocycles. The van der Waals surface area contributed by atoms with Crippen LogP contribution in [-0.2, 0) is 7.05 Å². The lowest BCUT2D eigenvalue weighted by atomic mass is 10.1. The molecular formula is C15H11Cl2N. The van der Waals surface area contributed by atoms with Gasteiger partial charge in [0.1, 0.15) is 0 Å². The highest BCUT2D eigenvalue weighted by Gasteiger charge is 2.13. The zero-order valence-electron chi connectivity index (χ0n) is 9.82. The SMILES string of the molecule is Cn1c(-c2c(Cl)cccc2Cl)cc2ccccc21. The lowest BCUT2D eigenvalue weighted by Gasteiger charge is -2.08. The van der Waals surface area contributed by atoms with Gasteiger partial charge in [-0.2, -0.15) is 0 Å². The Balaban J connectivity index is 2.36. The second-order valence-electron chi connectivity index (χ2n) is 4.24. The Bertz CT molecular complexity index is 708. The standard InChI is InChI=1S/C15H11Cl2N/c1-18-13-8-3-2-5-10(13)9-14(18)15-11(16)6-4-7-12(15)17/h2-9H,1H3. The molecule has 0 N–H and O–H groups in total. The van der Waals surface area contributed by atoms with Crippen LogP contribution in [0, 0.1) is 0 Å². The molecule has 3 aromatic rings. The van der Waals surface area contributed by atoms with Crippen LogP contribution in [0.25, 0.3) is 22.2 Å². The summed E-state index contributed by atoms with van der Waals surface area (Å²) in [6.45, 7) is 0. The maximum atomic E-state index is 6.27. The number of aromatic nitrogens is 1. The number of hydrogen-bond donors (Lipinski definition) is 0. The van der Waals surface area contributed by atoms with Crippen molar-refractivity contribution in [3.63, 3.8) is 0 Å². The number of halogens is 2. The first-order valence-electron chi connectivity index (χ1n) is 5.67. The number of fused-ring (bicyclic) bond motifs is 1. The zero-order valence-corrected chi connectivity index (χ0v) is 11.3. The summed E-state index contributed by atoms with van der Waals surface area (Å²) in [7, 11) is 2.03. The van der Waals surface area contributed by atoms with E-state index in [2.05, 4.69) is 22.8 Å². The van der Waals surface area contributed by atoms with Crippen molar-refractivity contribution in [2.24, 2.45) is 7.05 Å². The molecule has 0 radical (unpaired) electrons. The molecule has 0 bridgehead atoms. The van der Waals surface area contributed by atoms with Gasteiger partial charge in [0.2, 0.25) is 0 Å². The topological polar surface area (TPSA) is 4.93 Å². The average molecular weight is 276 g/mol. The lowest BCUT2D eigenvalue weighted by Crippen LogP contribution is -1.92. The van der Waals surface area contributed by atoms with Crippen LogP contribution in [0.4, 0.5) is 0 Å². The quantitative estimate of drug-likeness (QED) is 0.579. The summed E-state index contributed by atoms with van der Waals surface area (Å²) in [5.74, 6) is 0. The highest BCUT2D eigenvalue weighted by Crippen LogP contribution is 2.36. The van der Waals surface area contributed by atoms with Gasteiger partial charge in [0.05, 0.1) is 15.7 Å². The molecule has 1 aromatic heterocycles. The maximum absolute atomic E-state index is 6.27. The van der Waals surface area contributed by atoms with Crippen molar-refractivity contribution < 1.29 is 0 Å². The summed E-state index contributed by atoms with van der Waals surface area (Å²) in [6, 6.07) is 15.9. The fourth-order valence-electron chi connectivity index (χ4n) is 2.27. The molecule has 0 saturated carbocycles. The summed E-state index contributed by atoms with van der Waals surface area (Å²) < 4.78 is 2.11. The van der Waals surface area contributed by atoms with Crippen LogP contribution in [0.2, 0.25) is 10.0 Å². The van der Waals surface area contributed by atoms with Gasteiger partial charge >= 0.3 is 0 Å². The first kappa shape index (κ1) is 11.6. The molecule has 3 rings (SSSR count). The number of rotatable bonds is 1. The third-order valence-electron chi connectivity index (χ3n) is 3.17. The van der Waals surface area contributed by atoms with E-state index in [1.165, 1.54) is 10.9 Å². The van der Waals surface area contributed by atoms with Crippen molar-refractivity contribution in [3.8, 4) is 11.3 Å². The van der Waals surface area contributed by atoms with Gasteiger partial charge in [0.25, 0.3) is 0 Å². The average Bonchev–Trinajstić information content (AvgIpc) is 2.68. The Morgan fingerprint density at radius 1 is 0.889 bits per heavy atom. The van der Waals surface area contributed by atoms with Crippen molar-refractivity contribution >= 4 is 34.1 Å². The van der Waals surface area contributed by atoms with Crippen molar-refractivity contribution in [2.45, 2.75) is 0 Å². The first-order valence-corrected chi connectivity index (χ1v) is 6.43. The molecular weight excluding hydrogens is 265 g/mol. The molecule has 0 unspecified atom stereocenters. The first-order chi connectivity index (χ1) is 8.68. The fraction of sp³-hybridized carbons (Fsp3) is 0.0667. The van der Waals surface area contributed by atoms with Crippen LogP contribution in [0.5, 0.6) is 0 Å². The summed E-state index contributed by atoms with van der Waals surface area (Å²) in [4.78, 5) is 0. The molecule has 90 valence electrons. The second-order valence-corrected chi connectivity index (χ2v) is 5.06. The second kappa shape index (κ2) is 4.34. The van der Waals surface area contributed by atoms with Crippen LogP contribution in [0.3, 0.4) is 0 Å². The van der Waals surface area contributed by atoms with E-state index in [4.69, 9.17) is 23.2 Å². The van der Waals surface area contributed by atoms with E-state index in [1.807, 2.05) is 37.4 Å². The van der Waals surface area contributed by atoms with E-state index in [9.17, 15) is 0 Å². The Morgan fingerprint density at radius 2 is 1.56 bits per heavy atom. The molecule has 0 aliphatic rings. The van der Waals surface area contributed by atoms with Crippen LogP contribution >= 0.6 is 23.2 Å². The molecule has 0 spiro atoms. The van der Waals surface area contributed by atoms with E-state index in [1.54, 1.807) is 0 Å². The number of hydrogen-bond acceptors (Lipinski definition) is 0. The third kappa shape index (κ3) is 1.71. The highest BCUT2D eigenvalue weighted by atomic mass is 35.5. The van der Waals surface area contributed by atoms with Gasteiger partial charge < -0.3 is 4.57 Å². The molecule has 3 heteroatoms. The van der Waals surface area contributed by atoms with Crippen LogP contribution in [-0.4, -0.2) is 4.57 Å². The van der Waals surface area contributed by atoms with Gasteiger partial charge in [-0.25, -0.2) is 0 Å². The predicted molar refractivity (Wildman–Crippen MR) is 78.4 cm³/mol. The van der Waals surface area contributed by atoms with Gasteiger partial charge in [0.15, 0.2) is 0 Å². The predicted octanol–water partition coefficient (Wildman–Crippen LogP) is 5.15. The molecule has 1 heterocycles. The van der Waals surface area contributed by atoms with Gasteiger partial charge in [0, 0.05) is 23.5 Å². The molecule has 0 amide bonds. The monoisotopic (exact) mass is 275 g/mol. The minimum absolute atomic E-state index is 0.674. The number of aryl methyl sites for hydroxylation is 1. The minimum atomic E-state index is 0.674. The maximum Gasteiger partial charge on any atom is 0.0518 e. The summed E-state index contributed by atoms with van der Waals surface area (Å²) in [6.07, 6.45) is 0. The van der Waals surface area contributed by atoms with Gasteiger partial charge in [-0.05, 0) is 24.3 Å².